The van der Waals surface area contributed by atoms with Crippen LogP contribution >= 0.6 is 0 Å². The summed E-state index contributed by atoms with van der Waals surface area (Å²) in [4.78, 5) is 24.6. The van der Waals surface area contributed by atoms with Crippen molar-refractivity contribution in [1.82, 2.24) is 10.6 Å². The smallest absolute Gasteiger partial charge is 0.223 e. The van der Waals surface area contributed by atoms with Crippen LogP contribution in [0.3, 0.4) is 0 Å². The highest BCUT2D eigenvalue weighted by molar-refractivity contribution is 5.81. The van der Waals surface area contributed by atoms with Crippen molar-refractivity contribution in [3.63, 3.8) is 0 Å². The number of amides is 2. The van der Waals surface area contributed by atoms with Crippen molar-refractivity contribution in [3.8, 4) is 5.75 Å². The van der Waals surface area contributed by atoms with Gasteiger partial charge in [-0.05, 0) is 63.1 Å². The van der Waals surface area contributed by atoms with Gasteiger partial charge in [-0.25, -0.2) is 0 Å². The van der Waals surface area contributed by atoms with Crippen molar-refractivity contribution in [3.05, 3.63) is 29.8 Å². The molecule has 144 valence electrons. The first kappa shape index (κ1) is 20.3. The molecule has 0 spiro atoms. The molecule has 1 saturated carbocycles. The van der Waals surface area contributed by atoms with E-state index in [0.29, 0.717) is 6.54 Å². The number of benzene rings is 1. The lowest BCUT2D eigenvalue weighted by Gasteiger charge is -2.28. The van der Waals surface area contributed by atoms with E-state index >= 15 is 0 Å². The van der Waals surface area contributed by atoms with Crippen molar-refractivity contribution in [2.45, 2.75) is 58.4 Å². The fraction of sp³-hybridized carbons (Fsp3) is 0.619. The van der Waals surface area contributed by atoms with Gasteiger partial charge in [-0.15, -0.1) is 0 Å². The molecule has 0 aromatic heterocycles. The van der Waals surface area contributed by atoms with E-state index in [9.17, 15) is 9.59 Å². The first-order valence-corrected chi connectivity index (χ1v) is 9.74. The maximum absolute atomic E-state index is 12.4. The van der Waals surface area contributed by atoms with Gasteiger partial charge < -0.3 is 15.4 Å². The SMILES string of the molecule is CCC(C)NC(=O)C1CCC(C(=O)NCCc2ccc(OC)cc2)CC1. The van der Waals surface area contributed by atoms with Crippen LogP contribution in [0.15, 0.2) is 24.3 Å². The van der Waals surface area contributed by atoms with Gasteiger partial charge in [0.15, 0.2) is 0 Å². The third kappa shape index (κ3) is 6.04. The summed E-state index contributed by atoms with van der Waals surface area (Å²) < 4.78 is 5.15. The van der Waals surface area contributed by atoms with Gasteiger partial charge in [0.25, 0.3) is 0 Å². The van der Waals surface area contributed by atoms with Crippen molar-refractivity contribution in [2.75, 3.05) is 13.7 Å². The molecule has 2 rings (SSSR count). The average Bonchev–Trinajstić information content (AvgIpc) is 2.68. The van der Waals surface area contributed by atoms with Crippen LogP contribution in [-0.4, -0.2) is 31.5 Å². The van der Waals surface area contributed by atoms with Crippen LogP contribution < -0.4 is 15.4 Å². The second-order valence-electron chi connectivity index (χ2n) is 7.26. The maximum atomic E-state index is 12.4. The molecule has 1 fully saturated rings. The zero-order valence-corrected chi connectivity index (χ0v) is 16.2. The Kier molecular flexibility index (Phi) is 7.95. The molecular weight excluding hydrogens is 328 g/mol. The molecule has 2 N–H and O–H groups in total. The molecule has 0 saturated heterocycles. The quantitative estimate of drug-likeness (QED) is 0.749. The number of nitrogens with one attached hydrogen (secondary N) is 2. The fourth-order valence-electron chi connectivity index (χ4n) is 3.35. The van der Waals surface area contributed by atoms with E-state index in [4.69, 9.17) is 4.74 Å². The second kappa shape index (κ2) is 10.2. The summed E-state index contributed by atoms with van der Waals surface area (Å²) in [6, 6.07) is 8.13. The molecule has 1 aliphatic carbocycles. The molecular formula is C21H32N2O3. The molecule has 1 aromatic carbocycles. The highest BCUT2D eigenvalue weighted by atomic mass is 16.5. The van der Waals surface area contributed by atoms with Gasteiger partial charge in [0.1, 0.15) is 5.75 Å². The maximum Gasteiger partial charge on any atom is 0.223 e. The van der Waals surface area contributed by atoms with E-state index < -0.39 is 0 Å². The van der Waals surface area contributed by atoms with E-state index in [-0.39, 0.29) is 29.7 Å². The topological polar surface area (TPSA) is 67.4 Å². The molecule has 2 amide bonds. The fourth-order valence-corrected chi connectivity index (χ4v) is 3.35. The van der Waals surface area contributed by atoms with E-state index in [0.717, 1.165) is 44.3 Å². The minimum Gasteiger partial charge on any atom is -0.497 e. The Morgan fingerprint density at radius 2 is 1.65 bits per heavy atom. The van der Waals surface area contributed by atoms with Gasteiger partial charge in [0, 0.05) is 24.4 Å². The monoisotopic (exact) mass is 360 g/mol. The predicted octanol–water partition coefficient (Wildman–Crippen LogP) is 3.08. The summed E-state index contributed by atoms with van der Waals surface area (Å²) in [5.74, 6) is 1.22. The summed E-state index contributed by atoms with van der Waals surface area (Å²) >= 11 is 0. The minimum atomic E-state index is 0.0403. The van der Waals surface area contributed by atoms with Crippen LogP contribution in [-0.2, 0) is 16.0 Å². The number of carbonyl (C=O) groups is 2. The van der Waals surface area contributed by atoms with Crippen molar-refractivity contribution in [2.24, 2.45) is 11.8 Å². The molecule has 5 nitrogen and oxygen atoms in total. The Morgan fingerprint density at radius 1 is 1.08 bits per heavy atom. The van der Waals surface area contributed by atoms with Gasteiger partial charge >= 0.3 is 0 Å². The lowest BCUT2D eigenvalue weighted by atomic mass is 9.81. The van der Waals surface area contributed by atoms with Crippen molar-refractivity contribution in [1.29, 1.82) is 0 Å². The standard InChI is InChI=1S/C21H32N2O3/c1-4-15(2)23-21(25)18-9-7-17(8-10-18)20(24)22-14-13-16-5-11-19(26-3)12-6-16/h5-6,11-12,15,17-18H,4,7-10,13-14H2,1-3H3,(H,22,24)(H,23,25). The zero-order valence-electron chi connectivity index (χ0n) is 16.2. The summed E-state index contributed by atoms with van der Waals surface area (Å²) in [5.41, 5.74) is 1.18. The second-order valence-corrected chi connectivity index (χ2v) is 7.26. The Labute approximate surface area is 156 Å². The summed E-state index contributed by atoms with van der Waals surface area (Å²) in [7, 11) is 1.65. The number of rotatable bonds is 8. The average molecular weight is 360 g/mol. The molecule has 5 heteroatoms. The third-order valence-corrected chi connectivity index (χ3v) is 5.34. The molecule has 0 radical (unpaired) electrons. The van der Waals surface area contributed by atoms with E-state index in [1.165, 1.54) is 5.56 Å². The van der Waals surface area contributed by atoms with E-state index in [1.54, 1.807) is 7.11 Å². The first-order chi connectivity index (χ1) is 12.5. The number of ether oxygens (including phenoxy) is 1. The number of carbonyl (C=O) groups excluding carboxylic acids is 2. The number of methoxy groups -OCH3 is 1. The molecule has 0 aliphatic heterocycles. The summed E-state index contributed by atoms with van der Waals surface area (Å²) in [6.07, 6.45) is 4.96. The van der Waals surface area contributed by atoms with Crippen LogP contribution in [0.5, 0.6) is 5.75 Å². The zero-order chi connectivity index (χ0) is 18.9. The van der Waals surface area contributed by atoms with Gasteiger partial charge in [-0.2, -0.15) is 0 Å². The predicted molar refractivity (Wildman–Crippen MR) is 103 cm³/mol. The molecule has 26 heavy (non-hydrogen) atoms. The normalized spacial score (nSPS) is 20.9. The highest BCUT2D eigenvalue weighted by Gasteiger charge is 2.30. The van der Waals surface area contributed by atoms with Crippen LogP contribution in [0.4, 0.5) is 0 Å². The molecule has 1 unspecified atom stereocenters. The molecule has 1 aliphatic rings. The van der Waals surface area contributed by atoms with Crippen molar-refractivity contribution >= 4 is 11.8 Å². The Morgan fingerprint density at radius 3 is 2.19 bits per heavy atom. The molecule has 1 atom stereocenters. The molecule has 1 aromatic rings. The van der Waals surface area contributed by atoms with Gasteiger partial charge in [0.05, 0.1) is 7.11 Å². The Balaban J connectivity index is 1.68. The van der Waals surface area contributed by atoms with Crippen LogP contribution in [0.1, 0.15) is 51.5 Å². The van der Waals surface area contributed by atoms with Gasteiger partial charge in [0.2, 0.25) is 11.8 Å². The lowest BCUT2D eigenvalue weighted by molar-refractivity contribution is -0.130. The number of hydrogen-bond donors (Lipinski definition) is 2. The van der Waals surface area contributed by atoms with E-state index in [1.807, 2.05) is 31.2 Å². The van der Waals surface area contributed by atoms with Crippen LogP contribution in [0, 0.1) is 11.8 Å². The lowest BCUT2D eigenvalue weighted by Crippen LogP contribution is -2.40. The van der Waals surface area contributed by atoms with E-state index in [2.05, 4.69) is 17.6 Å². The largest absolute Gasteiger partial charge is 0.497 e. The molecule has 0 heterocycles. The summed E-state index contributed by atoms with van der Waals surface area (Å²) in [5, 5.41) is 6.10. The summed E-state index contributed by atoms with van der Waals surface area (Å²) in [6.45, 7) is 4.73. The minimum absolute atomic E-state index is 0.0403. The van der Waals surface area contributed by atoms with Gasteiger partial charge in [-0.1, -0.05) is 19.1 Å². The van der Waals surface area contributed by atoms with Crippen LogP contribution in [0.2, 0.25) is 0 Å². The highest BCUT2D eigenvalue weighted by Crippen LogP contribution is 2.29. The third-order valence-electron chi connectivity index (χ3n) is 5.34. The molecule has 0 bridgehead atoms. The first-order valence-electron chi connectivity index (χ1n) is 9.74. The Hall–Kier alpha value is -2.04. The Bertz CT molecular complexity index is 577. The number of hydrogen-bond acceptors (Lipinski definition) is 3. The van der Waals surface area contributed by atoms with Gasteiger partial charge in [-0.3, -0.25) is 9.59 Å². The van der Waals surface area contributed by atoms with Crippen LogP contribution in [0.25, 0.3) is 0 Å². The van der Waals surface area contributed by atoms with Crippen molar-refractivity contribution < 1.29 is 14.3 Å².